The molecule has 29 heavy (non-hydrogen) atoms. The van der Waals surface area contributed by atoms with Crippen molar-refractivity contribution in [3.8, 4) is 5.75 Å². The topological polar surface area (TPSA) is 87.7 Å². The minimum absolute atomic E-state index is 0.136. The minimum atomic E-state index is -0.402. The molecule has 154 valence electrons. The Morgan fingerprint density at radius 1 is 1.00 bits per heavy atom. The molecule has 0 unspecified atom stereocenters. The quantitative estimate of drug-likeness (QED) is 0.681. The van der Waals surface area contributed by atoms with Gasteiger partial charge in [-0.15, -0.1) is 0 Å². The number of amides is 3. The molecule has 2 aromatic rings. The summed E-state index contributed by atoms with van der Waals surface area (Å²) < 4.78 is 5.24. The van der Waals surface area contributed by atoms with Gasteiger partial charge in [0.15, 0.2) is 0 Å². The summed E-state index contributed by atoms with van der Waals surface area (Å²) in [5.41, 5.74) is 2.15. The van der Waals surface area contributed by atoms with Crippen LogP contribution in [0.5, 0.6) is 5.75 Å². The largest absolute Gasteiger partial charge is 0.496 e. The zero-order valence-corrected chi connectivity index (χ0v) is 17.0. The van der Waals surface area contributed by atoms with E-state index in [0.717, 1.165) is 5.56 Å². The molecule has 0 aliphatic heterocycles. The number of carbonyl (C=O) groups excluding carboxylic acids is 3. The first-order chi connectivity index (χ1) is 13.9. The van der Waals surface area contributed by atoms with E-state index in [2.05, 4.69) is 10.6 Å². The van der Waals surface area contributed by atoms with Crippen molar-refractivity contribution in [2.45, 2.75) is 20.3 Å². The maximum absolute atomic E-state index is 12.8. The number of aryl methyl sites for hydroxylation is 1. The highest BCUT2D eigenvalue weighted by Crippen LogP contribution is 2.19. The Kier molecular flexibility index (Phi) is 8.21. The molecule has 7 heteroatoms. The van der Waals surface area contributed by atoms with Gasteiger partial charge in [0.25, 0.3) is 5.91 Å². The third-order valence-electron chi connectivity index (χ3n) is 4.23. The molecule has 2 N–H and O–H groups in total. The highest BCUT2D eigenvalue weighted by molar-refractivity contribution is 5.99. The van der Waals surface area contributed by atoms with Gasteiger partial charge in [0.2, 0.25) is 11.8 Å². The number of benzene rings is 2. The molecule has 2 aromatic carbocycles. The van der Waals surface area contributed by atoms with Crippen molar-refractivity contribution in [2.75, 3.05) is 32.1 Å². The molecule has 0 aromatic heterocycles. The number of para-hydroxylation sites is 1. The lowest BCUT2D eigenvalue weighted by molar-refractivity contribution is -0.124. The van der Waals surface area contributed by atoms with E-state index >= 15 is 0 Å². The van der Waals surface area contributed by atoms with Crippen LogP contribution in [-0.4, -0.2) is 49.4 Å². The summed E-state index contributed by atoms with van der Waals surface area (Å²) in [5.74, 6) is -0.568. The fourth-order valence-electron chi connectivity index (χ4n) is 2.76. The summed E-state index contributed by atoms with van der Waals surface area (Å²) in [5, 5.41) is 5.28. The fraction of sp³-hybridized carbons (Fsp3) is 0.318. The third-order valence-corrected chi connectivity index (χ3v) is 4.23. The zero-order chi connectivity index (χ0) is 21.2. The van der Waals surface area contributed by atoms with Crippen LogP contribution in [-0.2, 0) is 9.59 Å². The maximum atomic E-state index is 12.8. The molecule has 0 atom stereocenters. The fourth-order valence-corrected chi connectivity index (χ4v) is 2.76. The molecule has 0 aliphatic rings. The number of methoxy groups -OCH3 is 1. The Labute approximate surface area is 171 Å². The highest BCUT2D eigenvalue weighted by atomic mass is 16.5. The summed E-state index contributed by atoms with van der Waals surface area (Å²) in [6, 6.07) is 14.3. The minimum Gasteiger partial charge on any atom is -0.496 e. The summed E-state index contributed by atoms with van der Waals surface area (Å²) in [7, 11) is 1.50. The molecule has 0 saturated heterocycles. The standard InChI is InChI=1S/C22H27N3O4/c1-4-13-25(22(28)18-7-5-6-8-19(18)29-3)15-21(27)23-14-20(26)24-17-11-9-16(2)10-12-17/h5-12H,4,13-15H2,1-3H3,(H,23,27)(H,24,26). The van der Waals surface area contributed by atoms with E-state index < -0.39 is 5.91 Å². The second kappa shape index (κ2) is 10.8. The first kappa shape index (κ1) is 21.9. The van der Waals surface area contributed by atoms with Crippen LogP contribution in [0.25, 0.3) is 0 Å². The number of rotatable bonds is 9. The summed E-state index contributed by atoms with van der Waals surface area (Å²) >= 11 is 0. The second-order valence-electron chi connectivity index (χ2n) is 6.62. The van der Waals surface area contributed by atoms with Crippen molar-refractivity contribution >= 4 is 23.4 Å². The van der Waals surface area contributed by atoms with E-state index in [0.29, 0.717) is 30.0 Å². The molecule has 7 nitrogen and oxygen atoms in total. The van der Waals surface area contributed by atoms with E-state index in [9.17, 15) is 14.4 Å². The van der Waals surface area contributed by atoms with E-state index in [1.165, 1.54) is 12.0 Å². The van der Waals surface area contributed by atoms with Crippen molar-refractivity contribution in [2.24, 2.45) is 0 Å². The van der Waals surface area contributed by atoms with Crippen molar-refractivity contribution < 1.29 is 19.1 Å². The first-order valence-corrected chi connectivity index (χ1v) is 9.50. The van der Waals surface area contributed by atoms with Gasteiger partial charge in [0.05, 0.1) is 25.8 Å². The normalized spacial score (nSPS) is 10.2. The van der Waals surface area contributed by atoms with Gasteiger partial charge in [-0.2, -0.15) is 0 Å². The number of carbonyl (C=O) groups is 3. The molecule has 0 fully saturated rings. The van der Waals surface area contributed by atoms with E-state index in [-0.39, 0.29) is 24.9 Å². The van der Waals surface area contributed by atoms with Gasteiger partial charge >= 0.3 is 0 Å². The number of nitrogens with one attached hydrogen (secondary N) is 2. The van der Waals surface area contributed by atoms with Gasteiger partial charge in [-0.05, 0) is 37.6 Å². The Bertz CT molecular complexity index is 849. The Morgan fingerprint density at radius 3 is 2.34 bits per heavy atom. The van der Waals surface area contributed by atoms with Crippen LogP contribution in [0.4, 0.5) is 5.69 Å². The van der Waals surface area contributed by atoms with E-state index in [4.69, 9.17) is 4.74 Å². The number of hydrogen-bond acceptors (Lipinski definition) is 4. The Morgan fingerprint density at radius 2 is 1.69 bits per heavy atom. The lowest BCUT2D eigenvalue weighted by Crippen LogP contribution is -2.43. The predicted molar refractivity (Wildman–Crippen MR) is 112 cm³/mol. The predicted octanol–water partition coefficient (Wildman–Crippen LogP) is 2.61. The van der Waals surface area contributed by atoms with Crippen LogP contribution in [0.2, 0.25) is 0 Å². The summed E-state index contributed by atoms with van der Waals surface area (Å²) in [4.78, 5) is 38.6. The van der Waals surface area contributed by atoms with Gasteiger partial charge in [0, 0.05) is 12.2 Å². The average Bonchev–Trinajstić information content (AvgIpc) is 2.73. The van der Waals surface area contributed by atoms with Crippen LogP contribution in [0.1, 0.15) is 29.3 Å². The van der Waals surface area contributed by atoms with Crippen LogP contribution >= 0.6 is 0 Å². The number of ether oxygens (including phenoxy) is 1. The lowest BCUT2D eigenvalue weighted by atomic mass is 10.1. The highest BCUT2D eigenvalue weighted by Gasteiger charge is 2.21. The van der Waals surface area contributed by atoms with E-state index in [1.54, 1.807) is 36.4 Å². The smallest absolute Gasteiger partial charge is 0.258 e. The van der Waals surface area contributed by atoms with Crippen LogP contribution in [0.15, 0.2) is 48.5 Å². The molecule has 0 aliphatic carbocycles. The van der Waals surface area contributed by atoms with E-state index in [1.807, 2.05) is 26.0 Å². The molecule has 2 rings (SSSR count). The molecular formula is C22H27N3O4. The van der Waals surface area contributed by atoms with Gasteiger partial charge in [-0.1, -0.05) is 36.8 Å². The average molecular weight is 397 g/mol. The number of hydrogen-bond donors (Lipinski definition) is 2. The lowest BCUT2D eigenvalue weighted by Gasteiger charge is -2.22. The van der Waals surface area contributed by atoms with Gasteiger partial charge in [-0.3, -0.25) is 14.4 Å². The van der Waals surface area contributed by atoms with Gasteiger partial charge < -0.3 is 20.3 Å². The third kappa shape index (κ3) is 6.64. The maximum Gasteiger partial charge on any atom is 0.258 e. The Hall–Kier alpha value is -3.35. The molecule has 3 amide bonds. The Balaban J connectivity index is 1.92. The van der Waals surface area contributed by atoms with Gasteiger partial charge in [-0.25, -0.2) is 0 Å². The number of nitrogens with zero attached hydrogens (tertiary/aromatic N) is 1. The summed E-state index contributed by atoms with van der Waals surface area (Å²) in [6.07, 6.45) is 0.697. The van der Waals surface area contributed by atoms with Crippen molar-refractivity contribution in [3.05, 3.63) is 59.7 Å². The SMILES string of the molecule is CCCN(CC(=O)NCC(=O)Nc1ccc(C)cc1)C(=O)c1ccccc1OC. The zero-order valence-electron chi connectivity index (χ0n) is 17.0. The van der Waals surface area contributed by atoms with Crippen molar-refractivity contribution in [3.63, 3.8) is 0 Å². The molecule has 0 spiro atoms. The van der Waals surface area contributed by atoms with Crippen molar-refractivity contribution in [1.29, 1.82) is 0 Å². The van der Waals surface area contributed by atoms with Crippen LogP contribution in [0, 0.1) is 6.92 Å². The first-order valence-electron chi connectivity index (χ1n) is 9.50. The monoisotopic (exact) mass is 397 g/mol. The molecule has 0 saturated carbocycles. The molecule has 0 radical (unpaired) electrons. The van der Waals surface area contributed by atoms with Crippen molar-refractivity contribution in [1.82, 2.24) is 10.2 Å². The summed E-state index contributed by atoms with van der Waals surface area (Å²) in [6.45, 7) is 3.99. The molecule has 0 heterocycles. The van der Waals surface area contributed by atoms with Crippen LogP contribution < -0.4 is 15.4 Å². The van der Waals surface area contributed by atoms with Crippen LogP contribution in [0.3, 0.4) is 0 Å². The number of anilines is 1. The van der Waals surface area contributed by atoms with Gasteiger partial charge in [0.1, 0.15) is 5.75 Å². The molecular weight excluding hydrogens is 370 g/mol. The molecule has 0 bridgehead atoms. The second-order valence-corrected chi connectivity index (χ2v) is 6.62.